The molecule has 88 valence electrons. The number of carbonyl (C=O) groups is 1. The summed E-state index contributed by atoms with van der Waals surface area (Å²) in [5.74, 6) is -0.707. The molecule has 0 saturated carbocycles. The zero-order valence-electron chi connectivity index (χ0n) is 9.50. The average Bonchev–Trinajstić information content (AvgIpc) is 2.29. The van der Waals surface area contributed by atoms with Crippen LogP contribution in [0.3, 0.4) is 0 Å². The average molecular weight is 225 g/mol. The van der Waals surface area contributed by atoms with Crippen LogP contribution in [0.25, 0.3) is 0 Å². The van der Waals surface area contributed by atoms with E-state index >= 15 is 0 Å². The van der Waals surface area contributed by atoms with Crippen molar-refractivity contribution in [3.8, 4) is 0 Å². The van der Waals surface area contributed by atoms with Gasteiger partial charge in [-0.2, -0.15) is 0 Å². The van der Waals surface area contributed by atoms with Crippen LogP contribution in [0.5, 0.6) is 0 Å². The largest absolute Gasteiger partial charge is 0.460 e. The summed E-state index contributed by atoms with van der Waals surface area (Å²) in [7, 11) is 1.69. The zero-order chi connectivity index (χ0) is 12.0. The van der Waals surface area contributed by atoms with E-state index in [4.69, 9.17) is 4.74 Å². The topological polar surface area (TPSA) is 38.3 Å². The standard InChI is InChI=1S/C12H16FNO2/c1-3-11(14-2)12(15)16-8-9-6-4-5-7-10(9)13/h4-7,11,14H,3,8H2,1-2H3. The van der Waals surface area contributed by atoms with E-state index < -0.39 is 0 Å². The molecule has 16 heavy (non-hydrogen) atoms. The summed E-state index contributed by atoms with van der Waals surface area (Å²) in [4.78, 5) is 11.5. The van der Waals surface area contributed by atoms with Crippen LogP contribution >= 0.6 is 0 Å². The maximum atomic E-state index is 13.2. The highest BCUT2D eigenvalue weighted by Crippen LogP contribution is 2.08. The molecule has 0 fully saturated rings. The van der Waals surface area contributed by atoms with Gasteiger partial charge in [0.15, 0.2) is 0 Å². The van der Waals surface area contributed by atoms with Gasteiger partial charge in [-0.25, -0.2) is 4.39 Å². The van der Waals surface area contributed by atoms with Crippen LogP contribution in [0.1, 0.15) is 18.9 Å². The van der Waals surface area contributed by atoms with Gasteiger partial charge in [-0.1, -0.05) is 25.1 Å². The lowest BCUT2D eigenvalue weighted by molar-refractivity contribution is -0.147. The molecule has 0 aliphatic carbocycles. The van der Waals surface area contributed by atoms with Crippen LogP contribution < -0.4 is 5.32 Å². The van der Waals surface area contributed by atoms with E-state index in [2.05, 4.69) is 5.32 Å². The van der Waals surface area contributed by atoms with Crippen molar-refractivity contribution in [2.75, 3.05) is 7.05 Å². The molecular formula is C12H16FNO2. The molecule has 0 aromatic heterocycles. The summed E-state index contributed by atoms with van der Waals surface area (Å²) in [6, 6.07) is 5.93. The highest BCUT2D eigenvalue weighted by Gasteiger charge is 2.15. The van der Waals surface area contributed by atoms with Crippen molar-refractivity contribution in [2.45, 2.75) is 26.0 Å². The van der Waals surface area contributed by atoms with Crippen LogP contribution in [0.4, 0.5) is 4.39 Å². The summed E-state index contributed by atoms with van der Waals surface area (Å²) >= 11 is 0. The molecule has 0 spiro atoms. The second kappa shape index (κ2) is 6.23. The van der Waals surface area contributed by atoms with E-state index in [0.29, 0.717) is 12.0 Å². The molecule has 0 aliphatic heterocycles. The molecule has 0 aliphatic rings. The van der Waals surface area contributed by atoms with Gasteiger partial charge < -0.3 is 10.1 Å². The quantitative estimate of drug-likeness (QED) is 0.777. The fraction of sp³-hybridized carbons (Fsp3) is 0.417. The van der Waals surface area contributed by atoms with Crippen LogP contribution in [0, 0.1) is 5.82 Å². The van der Waals surface area contributed by atoms with Crippen molar-refractivity contribution in [3.63, 3.8) is 0 Å². The van der Waals surface area contributed by atoms with Crippen LogP contribution in [-0.2, 0) is 16.1 Å². The molecule has 0 saturated heterocycles. The second-order valence-corrected chi connectivity index (χ2v) is 3.45. The summed E-state index contributed by atoms with van der Waals surface area (Å²) in [6.07, 6.45) is 0.645. The van der Waals surface area contributed by atoms with Gasteiger partial charge in [-0.3, -0.25) is 4.79 Å². The Hall–Kier alpha value is -1.42. The van der Waals surface area contributed by atoms with E-state index in [-0.39, 0.29) is 24.4 Å². The number of likely N-dealkylation sites (N-methyl/N-ethyl adjacent to an activating group) is 1. The number of carbonyl (C=O) groups excluding carboxylic acids is 1. The maximum absolute atomic E-state index is 13.2. The molecule has 1 unspecified atom stereocenters. The minimum atomic E-state index is -0.354. The summed E-state index contributed by atoms with van der Waals surface area (Å²) in [6.45, 7) is 1.86. The van der Waals surface area contributed by atoms with E-state index in [0.717, 1.165) is 0 Å². The maximum Gasteiger partial charge on any atom is 0.323 e. The van der Waals surface area contributed by atoms with Crippen molar-refractivity contribution < 1.29 is 13.9 Å². The fourth-order valence-corrected chi connectivity index (χ4v) is 1.35. The minimum Gasteiger partial charge on any atom is -0.460 e. The number of benzene rings is 1. The number of hydrogen-bond donors (Lipinski definition) is 1. The number of hydrogen-bond acceptors (Lipinski definition) is 3. The van der Waals surface area contributed by atoms with Crippen molar-refractivity contribution in [1.29, 1.82) is 0 Å². The van der Waals surface area contributed by atoms with E-state index in [1.807, 2.05) is 6.92 Å². The molecule has 1 atom stereocenters. The monoisotopic (exact) mass is 225 g/mol. The minimum absolute atomic E-state index is 0.0241. The number of halogens is 1. The van der Waals surface area contributed by atoms with E-state index in [1.165, 1.54) is 6.07 Å². The Balaban J connectivity index is 2.52. The first-order valence-electron chi connectivity index (χ1n) is 5.26. The molecule has 0 radical (unpaired) electrons. The van der Waals surface area contributed by atoms with Crippen LogP contribution in [-0.4, -0.2) is 19.1 Å². The third-order valence-electron chi connectivity index (χ3n) is 2.37. The fourth-order valence-electron chi connectivity index (χ4n) is 1.35. The molecule has 0 amide bonds. The second-order valence-electron chi connectivity index (χ2n) is 3.45. The summed E-state index contributed by atoms with van der Waals surface area (Å²) < 4.78 is 18.2. The third kappa shape index (κ3) is 3.31. The van der Waals surface area contributed by atoms with Gasteiger partial charge in [-0.15, -0.1) is 0 Å². The Morgan fingerprint density at radius 2 is 2.19 bits per heavy atom. The highest BCUT2D eigenvalue weighted by atomic mass is 19.1. The Kier molecular flexibility index (Phi) is 4.92. The molecule has 3 nitrogen and oxygen atoms in total. The molecular weight excluding hydrogens is 209 g/mol. The molecule has 1 N–H and O–H groups in total. The van der Waals surface area contributed by atoms with Crippen molar-refractivity contribution in [2.24, 2.45) is 0 Å². The van der Waals surface area contributed by atoms with Gasteiger partial charge >= 0.3 is 5.97 Å². The Morgan fingerprint density at radius 1 is 1.50 bits per heavy atom. The van der Waals surface area contributed by atoms with Gasteiger partial charge in [0.1, 0.15) is 18.5 Å². The summed E-state index contributed by atoms with van der Waals surface area (Å²) in [5.41, 5.74) is 0.391. The van der Waals surface area contributed by atoms with Gasteiger partial charge in [0, 0.05) is 5.56 Å². The molecule has 1 rings (SSSR count). The van der Waals surface area contributed by atoms with Crippen molar-refractivity contribution in [1.82, 2.24) is 5.32 Å². The number of rotatable bonds is 5. The first kappa shape index (κ1) is 12.6. The first-order chi connectivity index (χ1) is 7.69. The van der Waals surface area contributed by atoms with Crippen molar-refractivity contribution >= 4 is 5.97 Å². The van der Waals surface area contributed by atoms with Crippen LogP contribution in [0.2, 0.25) is 0 Å². The Labute approximate surface area is 94.6 Å². The molecule has 1 aromatic rings. The normalized spacial score (nSPS) is 12.2. The zero-order valence-corrected chi connectivity index (χ0v) is 9.50. The van der Waals surface area contributed by atoms with E-state index in [9.17, 15) is 9.18 Å². The van der Waals surface area contributed by atoms with Gasteiger partial charge in [0.2, 0.25) is 0 Å². The molecule has 0 heterocycles. The lowest BCUT2D eigenvalue weighted by atomic mass is 10.2. The van der Waals surface area contributed by atoms with Gasteiger partial charge in [-0.05, 0) is 19.5 Å². The lowest BCUT2D eigenvalue weighted by Gasteiger charge is -2.13. The van der Waals surface area contributed by atoms with Crippen molar-refractivity contribution in [3.05, 3.63) is 35.6 Å². The third-order valence-corrected chi connectivity index (χ3v) is 2.37. The molecule has 4 heteroatoms. The number of nitrogens with one attached hydrogen (secondary N) is 1. The smallest absolute Gasteiger partial charge is 0.323 e. The lowest BCUT2D eigenvalue weighted by Crippen LogP contribution is -2.34. The number of ether oxygens (including phenoxy) is 1. The predicted octanol–water partition coefficient (Wildman–Crippen LogP) is 1.87. The number of esters is 1. The Bertz CT molecular complexity index is 351. The Morgan fingerprint density at radius 3 is 2.75 bits per heavy atom. The van der Waals surface area contributed by atoms with Gasteiger partial charge in [0.25, 0.3) is 0 Å². The van der Waals surface area contributed by atoms with Gasteiger partial charge in [0.05, 0.1) is 0 Å². The predicted molar refractivity (Wildman–Crippen MR) is 59.3 cm³/mol. The SMILES string of the molecule is CCC(NC)C(=O)OCc1ccccc1F. The first-order valence-corrected chi connectivity index (χ1v) is 5.26. The molecule has 1 aromatic carbocycles. The van der Waals surface area contributed by atoms with E-state index in [1.54, 1.807) is 25.2 Å². The molecule has 0 bridgehead atoms. The summed E-state index contributed by atoms with van der Waals surface area (Å²) in [5, 5.41) is 2.83. The highest BCUT2D eigenvalue weighted by molar-refractivity contribution is 5.75. The van der Waals surface area contributed by atoms with Crippen LogP contribution in [0.15, 0.2) is 24.3 Å².